The van der Waals surface area contributed by atoms with Crippen molar-refractivity contribution in [2.75, 3.05) is 13.7 Å². The minimum Gasteiger partial charge on any atom is -0.395 e. The molecule has 2 rings (SSSR count). The number of hydrogen-bond donors (Lipinski definition) is 1. The summed E-state index contributed by atoms with van der Waals surface area (Å²) in [4.78, 5) is 6.57. The average Bonchev–Trinajstić information content (AvgIpc) is 2.37. The van der Waals surface area contributed by atoms with Crippen LogP contribution < -0.4 is 0 Å². The predicted molar refractivity (Wildman–Crippen MR) is 77.5 cm³/mol. The summed E-state index contributed by atoms with van der Waals surface area (Å²) in [6, 6.07) is 8.31. The van der Waals surface area contributed by atoms with Crippen LogP contribution in [-0.4, -0.2) is 34.7 Å². The van der Waals surface area contributed by atoms with E-state index >= 15 is 0 Å². The zero-order valence-corrected chi connectivity index (χ0v) is 12.2. The summed E-state index contributed by atoms with van der Waals surface area (Å²) in [6.45, 7) is 2.94. The van der Waals surface area contributed by atoms with Crippen LogP contribution in [0, 0.1) is 0 Å². The number of aliphatic hydroxyl groups excluding tert-OH is 1. The van der Waals surface area contributed by atoms with Crippen LogP contribution in [0.5, 0.6) is 0 Å². The molecule has 0 fully saturated rings. The van der Waals surface area contributed by atoms with E-state index in [1.165, 1.54) is 5.56 Å². The number of aliphatic hydroxyl groups is 1. The van der Waals surface area contributed by atoms with E-state index < -0.39 is 0 Å². The Morgan fingerprint density at radius 2 is 2.22 bits per heavy atom. The van der Waals surface area contributed by atoms with Gasteiger partial charge in [0, 0.05) is 28.6 Å². The molecule has 0 spiro atoms. The molecule has 0 aliphatic rings. The molecule has 0 bridgehead atoms. The van der Waals surface area contributed by atoms with Gasteiger partial charge in [-0.1, -0.05) is 22.0 Å². The largest absolute Gasteiger partial charge is 0.395 e. The third kappa shape index (κ3) is 2.88. The molecule has 1 unspecified atom stereocenters. The Morgan fingerprint density at radius 1 is 1.44 bits per heavy atom. The molecule has 1 heterocycles. The summed E-state index contributed by atoms with van der Waals surface area (Å²) in [6.07, 6.45) is 1.81. The molecule has 4 heteroatoms. The molecule has 0 aliphatic heterocycles. The topological polar surface area (TPSA) is 36.4 Å². The van der Waals surface area contributed by atoms with Crippen LogP contribution in [0.4, 0.5) is 0 Å². The van der Waals surface area contributed by atoms with Crippen molar-refractivity contribution in [1.29, 1.82) is 0 Å². The van der Waals surface area contributed by atoms with E-state index in [0.717, 1.165) is 21.9 Å². The summed E-state index contributed by atoms with van der Waals surface area (Å²) < 4.78 is 1.06. The summed E-state index contributed by atoms with van der Waals surface area (Å²) in [5, 5.41) is 10.3. The molecule has 1 N–H and O–H groups in total. The standard InChI is InChI=1S/C14H17BrN2O/c1-10(9-18)17(2)8-12-7-13(15)6-11-4-3-5-16-14(11)12/h3-7,10,18H,8-9H2,1-2H3. The van der Waals surface area contributed by atoms with E-state index in [9.17, 15) is 5.11 Å². The molecule has 0 aliphatic carbocycles. The number of fused-ring (bicyclic) bond motifs is 1. The maximum absolute atomic E-state index is 9.18. The van der Waals surface area contributed by atoms with Gasteiger partial charge >= 0.3 is 0 Å². The Labute approximate surface area is 116 Å². The van der Waals surface area contributed by atoms with Gasteiger partial charge in [0.2, 0.25) is 0 Å². The third-order valence-corrected chi connectivity index (χ3v) is 3.64. The van der Waals surface area contributed by atoms with Crippen molar-refractivity contribution in [1.82, 2.24) is 9.88 Å². The number of likely N-dealkylation sites (N-methyl/N-ethyl adjacent to an activating group) is 1. The molecule has 0 saturated heterocycles. The maximum Gasteiger partial charge on any atom is 0.0747 e. The number of pyridine rings is 1. The van der Waals surface area contributed by atoms with Gasteiger partial charge in [0.1, 0.15) is 0 Å². The van der Waals surface area contributed by atoms with Crippen LogP contribution in [0.15, 0.2) is 34.9 Å². The first-order valence-corrected chi connectivity index (χ1v) is 6.75. The summed E-state index contributed by atoms with van der Waals surface area (Å²) in [5.41, 5.74) is 2.19. The Kier molecular flexibility index (Phi) is 4.32. The smallest absolute Gasteiger partial charge is 0.0747 e. The van der Waals surface area contributed by atoms with E-state index in [1.807, 2.05) is 26.2 Å². The lowest BCUT2D eigenvalue weighted by Crippen LogP contribution is -2.31. The summed E-state index contributed by atoms with van der Waals surface area (Å²) in [7, 11) is 2.01. The molecule has 1 atom stereocenters. The van der Waals surface area contributed by atoms with Crippen molar-refractivity contribution in [3.05, 3.63) is 40.5 Å². The van der Waals surface area contributed by atoms with Gasteiger partial charge in [-0.15, -0.1) is 0 Å². The van der Waals surface area contributed by atoms with E-state index in [2.05, 4.69) is 44.0 Å². The predicted octanol–water partition coefficient (Wildman–Crippen LogP) is 2.81. The summed E-state index contributed by atoms with van der Waals surface area (Å²) in [5.74, 6) is 0. The second kappa shape index (κ2) is 5.78. The molecule has 0 radical (unpaired) electrons. The SMILES string of the molecule is CC(CO)N(C)Cc1cc(Br)cc2cccnc12. The van der Waals surface area contributed by atoms with Gasteiger partial charge in [0.05, 0.1) is 12.1 Å². The fourth-order valence-corrected chi connectivity index (χ4v) is 2.43. The minimum absolute atomic E-state index is 0.141. The van der Waals surface area contributed by atoms with Gasteiger partial charge in [0.15, 0.2) is 0 Å². The Hall–Kier alpha value is -0.970. The molecule has 1 aromatic carbocycles. The highest BCUT2D eigenvalue weighted by molar-refractivity contribution is 9.10. The second-order valence-electron chi connectivity index (χ2n) is 4.59. The van der Waals surface area contributed by atoms with Gasteiger partial charge in [-0.25, -0.2) is 0 Å². The molecule has 0 amide bonds. The van der Waals surface area contributed by atoms with Gasteiger partial charge in [-0.05, 0) is 37.7 Å². The van der Waals surface area contributed by atoms with Crippen molar-refractivity contribution in [2.24, 2.45) is 0 Å². The van der Waals surface area contributed by atoms with E-state index in [-0.39, 0.29) is 12.6 Å². The highest BCUT2D eigenvalue weighted by atomic mass is 79.9. The fraction of sp³-hybridized carbons (Fsp3) is 0.357. The number of hydrogen-bond acceptors (Lipinski definition) is 3. The van der Waals surface area contributed by atoms with Crippen LogP contribution >= 0.6 is 15.9 Å². The first kappa shape index (κ1) is 13.5. The number of halogens is 1. The third-order valence-electron chi connectivity index (χ3n) is 3.19. The van der Waals surface area contributed by atoms with Crippen molar-refractivity contribution in [3.63, 3.8) is 0 Å². The Balaban J connectivity index is 2.38. The fourth-order valence-electron chi connectivity index (χ4n) is 1.91. The molecule has 0 saturated carbocycles. The normalized spacial score (nSPS) is 13.2. The highest BCUT2D eigenvalue weighted by Crippen LogP contribution is 2.23. The van der Waals surface area contributed by atoms with Crippen molar-refractivity contribution >= 4 is 26.8 Å². The van der Waals surface area contributed by atoms with Gasteiger partial charge in [0.25, 0.3) is 0 Å². The average molecular weight is 309 g/mol. The lowest BCUT2D eigenvalue weighted by molar-refractivity contribution is 0.154. The minimum atomic E-state index is 0.141. The van der Waals surface area contributed by atoms with Gasteiger partial charge in [-0.2, -0.15) is 0 Å². The zero-order chi connectivity index (χ0) is 13.1. The Morgan fingerprint density at radius 3 is 2.94 bits per heavy atom. The van der Waals surface area contributed by atoms with Crippen molar-refractivity contribution in [3.8, 4) is 0 Å². The number of nitrogens with zero attached hydrogens (tertiary/aromatic N) is 2. The monoisotopic (exact) mass is 308 g/mol. The molecule has 96 valence electrons. The van der Waals surface area contributed by atoms with Crippen molar-refractivity contribution in [2.45, 2.75) is 19.5 Å². The van der Waals surface area contributed by atoms with E-state index in [4.69, 9.17) is 0 Å². The molecule has 1 aromatic heterocycles. The van der Waals surface area contributed by atoms with Crippen molar-refractivity contribution < 1.29 is 5.11 Å². The number of rotatable bonds is 4. The second-order valence-corrected chi connectivity index (χ2v) is 5.50. The van der Waals surface area contributed by atoms with Gasteiger partial charge in [-0.3, -0.25) is 9.88 Å². The Bertz CT molecular complexity index is 544. The van der Waals surface area contributed by atoms with E-state index in [0.29, 0.717) is 0 Å². The molecule has 2 aromatic rings. The van der Waals surface area contributed by atoms with Crippen LogP contribution in [0.2, 0.25) is 0 Å². The molecule has 18 heavy (non-hydrogen) atoms. The number of aromatic nitrogens is 1. The zero-order valence-electron chi connectivity index (χ0n) is 10.6. The summed E-state index contributed by atoms with van der Waals surface area (Å²) >= 11 is 3.53. The first-order valence-electron chi connectivity index (χ1n) is 5.96. The first-order chi connectivity index (χ1) is 8.61. The molecule has 3 nitrogen and oxygen atoms in total. The number of benzene rings is 1. The highest BCUT2D eigenvalue weighted by Gasteiger charge is 2.11. The molecular weight excluding hydrogens is 292 g/mol. The lowest BCUT2D eigenvalue weighted by Gasteiger charge is -2.23. The van der Waals surface area contributed by atoms with Gasteiger partial charge < -0.3 is 5.11 Å². The van der Waals surface area contributed by atoms with Crippen LogP contribution in [-0.2, 0) is 6.54 Å². The quantitative estimate of drug-likeness (QED) is 0.943. The lowest BCUT2D eigenvalue weighted by atomic mass is 10.1. The van der Waals surface area contributed by atoms with Crippen LogP contribution in [0.3, 0.4) is 0 Å². The van der Waals surface area contributed by atoms with Crippen LogP contribution in [0.25, 0.3) is 10.9 Å². The van der Waals surface area contributed by atoms with Crippen LogP contribution in [0.1, 0.15) is 12.5 Å². The van der Waals surface area contributed by atoms with E-state index in [1.54, 1.807) is 0 Å². The maximum atomic E-state index is 9.18. The molecular formula is C14H17BrN2O.